The van der Waals surface area contributed by atoms with Crippen molar-refractivity contribution in [2.24, 2.45) is 29.1 Å². The number of likely N-dealkylation sites (tertiary alicyclic amines) is 1. The number of nitrogens with zero attached hydrogens (tertiary/aromatic N) is 3. The van der Waals surface area contributed by atoms with Gasteiger partial charge in [0.15, 0.2) is 0 Å². The zero-order valence-electron chi connectivity index (χ0n) is 32.4. The third-order valence-electron chi connectivity index (χ3n) is 13.1. The molecular weight excluding hydrogens is 658 g/mol. The van der Waals surface area contributed by atoms with Crippen LogP contribution in [-0.4, -0.2) is 110 Å². The van der Waals surface area contributed by atoms with Crippen molar-refractivity contribution < 1.29 is 29.4 Å². The molecule has 2 aromatic rings. The van der Waals surface area contributed by atoms with Gasteiger partial charge in [0.2, 0.25) is 5.91 Å². The molecule has 4 N–H and O–H groups in total. The van der Waals surface area contributed by atoms with E-state index >= 15 is 0 Å². The van der Waals surface area contributed by atoms with Crippen LogP contribution in [0.4, 0.5) is 5.69 Å². The molecule has 0 radical (unpaired) electrons. The summed E-state index contributed by atoms with van der Waals surface area (Å²) in [5.41, 5.74) is 4.14. The fourth-order valence-electron chi connectivity index (χ4n) is 9.78. The topological polar surface area (TPSA) is 127 Å². The number of hydroxylamine groups is 2. The maximum Gasteiger partial charge on any atom is 0.251 e. The Balaban J connectivity index is 1.25. The van der Waals surface area contributed by atoms with E-state index in [0.717, 1.165) is 48.2 Å². The van der Waals surface area contributed by atoms with Gasteiger partial charge in [0.1, 0.15) is 17.9 Å². The van der Waals surface area contributed by atoms with Crippen molar-refractivity contribution in [3.8, 4) is 16.9 Å². The minimum Gasteiger partial charge on any atom is -0.496 e. The highest BCUT2D eigenvalue weighted by molar-refractivity contribution is 5.97. The summed E-state index contributed by atoms with van der Waals surface area (Å²) in [6.07, 6.45) is 3.79. The monoisotopic (exact) mass is 719 g/mol. The maximum absolute atomic E-state index is 14.2. The van der Waals surface area contributed by atoms with Crippen LogP contribution in [0.25, 0.3) is 11.1 Å². The lowest BCUT2D eigenvalue weighted by atomic mass is 9.45. The number of rotatable bonds is 13. The highest BCUT2D eigenvalue weighted by atomic mass is 16.7. The molecule has 7 rings (SSSR count). The first kappa shape index (κ1) is 38.5. The molecule has 9 atom stereocenters. The molecule has 0 aromatic heterocycles. The lowest BCUT2D eigenvalue weighted by Gasteiger charge is -2.62. The van der Waals surface area contributed by atoms with Crippen molar-refractivity contribution in [3.05, 3.63) is 47.5 Å². The van der Waals surface area contributed by atoms with Gasteiger partial charge in [-0.25, -0.2) is 0 Å². The van der Waals surface area contributed by atoms with Gasteiger partial charge in [-0.15, -0.1) is 0 Å². The van der Waals surface area contributed by atoms with E-state index in [-0.39, 0.29) is 36.4 Å². The number of anilines is 1. The summed E-state index contributed by atoms with van der Waals surface area (Å²) >= 11 is 0. The molecule has 2 heterocycles. The van der Waals surface area contributed by atoms with Gasteiger partial charge in [0.05, 0.1) is 26.4 Å². The highest BCUT2D eigenvalue weighted by Gasteiger charge is 2.57. The number of aliphatic hydroxyl groups is 2. The standard InChI is InChI=1S/C41H61N5O6/c1-24-33-20-29(41(33,3)4)21-34(24)43-40(50)37-36(25(2)48)35(23-47)52-46(37)22-26-11-9-13-32(38(26)51-8)27-17-28(19-31(18-27)44(5)6)39(49)42-15-14-30-12-10-16-45(30)7/h9,11,13,17-19,24-25,29-30,33-37,47-48H,10,12,14-16,20-23H2,1-8H3,(H,42,49)(H,43,50)/t24-,25-,29-,30?,33+,34-,35-,36-,37-/m0/s1. The smallest absolute Gasteiger partial charge is 0.251 e. The molecular formula is C41H61N5O6. The van der Waals surface area contributed by atoms with Gasteiger partial charge in [-0.2, -0.15) is 5.06 Å². The number of carbonyl (C=O) groups excluding carboxylic acids is 2. The zero-order valence-corrected chi connectivity index (χ0v) is 32.4. The molecule has 2 amide bonds. The molecule has 286 valence electrons. The lowest BCUT2D eigenvalue weighted by Crippen LogP contribution is -2.62. The summed E-state index contributed by atoms with van der Waals surface area (Å²) in [5.74, 6) is 1.14. The second kappa shape index (κ2) is 15.6. The predicted octanol–water partition coefficient (Wildman–Crippen LogP) is 4.30. The summed E-state index contributed by atoms with van der Waals surface area (Å²) < 4.78 is 6.07. The third-order valence-corrected chi connectivity index (χ3v) is 13.1. The SMILES string of the molecule is COc1c(CN2O[C@@H](CO)[C@H]([C@H](C)O)[C@H]2C(=O)N[C@H]2C[C@@H]3C[C@H]([C@@H]2C)C3(C)C)cccc1-c1cc(C(=O)NCCC2CCCN2C)cc(N(C)C)c1. The Morgan fingerprint density at radius 3 is 2.56 bits per heavy atom. The maximum atomic E-state index is 14.2. The number of ether oxygens (including phenoxy) is 1. The van der Waals surface area contributed by atoms with Gasteiger partial charge in [-0.1, -0.05) is 39.0 Å². The van der Waals surface area contributed by atoms with E-state index in [2.05, 4.69) is 43.4 Å². The van der Waals surface area contributed by atoms with Crippen LogP contribution in [0.3, 0.4) is 0 Å². The average Bonchev–Trinajstić information content (AvgIpc) is 3.70. The van der Waals surface area contributed by atoms with Crippen LogP contribution in [0.2, 0.25) is 0 Å². The molecule has 5 fully saturated rings. The van der Waals surface area contributed by atoms with Crippen LogP contribution in [0, 0.1) is 29.1 Å². The Hall–Kier alpha value is -3.22. The molecule has 5 aliphatic rings. The van der Waals surface area contributed by atoms with E-state index in [1.54, 1.807) is 19.1 Å². The second-order valence-corrected chi connectivity index (χ2v) is 16.7. The quantitative estimate of drug-likeness (QED) is 0.240. The first-order chi connectivity index (χ1) is 24.7. The van der Waals surface area contributed by atoms with E-state index < -0.39 is 24.2 Å². The largest absolute Gasteiger partial charge is 0.496 e. The Bertz CT molecular complexity index is 1600. The van der Waals surface area contributed by atoms with Gasteiger partial charge in [-0.3, -0.25) is 14.4 Å². The number of benzene rings is 2. The molecule has 2 aromatic carbocycles. The molecule has 3 aliphatic carbocycles. The van der Waals surface area contributed by atoms with Crippen LogP contribution in [0.5, 0.6) is 5.75 Å². The van der Waals surface area contributed by atoms with Crippen LogP contribution >= 0.6 is 0 Å². The number of aliphatic hydroxyl groups excluding tert-OH is 2. The Labute approximate surface area is 310 Å². The number of hydrogen-bond donors (Lipinski definition) is 4. The molecule has 2 aliphatic heterocycles. The van der Waals surface area contributed by atoms with Crippen molar-refractivity contribution in [3.63, 3.8) is 0 Å². The highest BCUT2D eigenvalue weighted by Crippen LogP contribution is 2.61. The van der Waals surface area contributed by atoms with Crippen LogP contribution in [-0.2, 0) is 16.2 Å². The fourth-order valence-corrected chi connectivity index (χ4v) is 9.78. The minimum atomic E-state index is -0.889. The number of fused-ring (bicyclic) bond motifs is 2. The first-order valence-corrected chi connectivity index (χ1v) is 19.2. The van der Waals surface area contributed by atoms with Crippen molar-refractivity contribution in [1.29, 1.82) is 0 Å². The van der Waals surface area contributed by atoms with Crippen LogP contribution < -0.4 is 20.3 Å². The first-order valence-electron chi connectivity index (χ1n) is 19.2. The number of methoxy groups -OCH3 is 1. The molecule has 52 heavy (non-hydrogen) atoms. The summed E-state index contributed by atoms with van der Waals surface area (Å²) in [4.78, 5) is 38.3. The Morgan fingerprint density at radius 2 is 1.94 bits per heavy atom. The zero-order chi connectivity index (χ0) is 37.5. The van der Waals surface area contributed by atoms with E-state index in [4.69, 9.17) is 9.57 Å². The molecule has 11 heteroatoms. The summed E-state index contributed by atoms with van der Waals surface area (Å²) in [6, 6.07) is 11.4. The second-order valence-electron chi connectivity index (χ2n) is 16.7. The van der Waals surface area contributed by atoms with Crippen LogP contribution in [0.1, 0.15) is 75.7 Å². The molecule has 3 saturated carbocycles. The minimum absolute atomic E-state index is 0.0474. The molecule has 0 spiro atoms. The summed E-state index contributed by atoms with van der Waals surface area (Å²) in [6.45, 7) is 10.1. The number of carbonyl (C=O) groups is 2. The molecule has 11 nitrogen and oxygen atoms in total. The number of nitrogens with one attached hydrogen (secondary N) is 2. The van der Waals surface area contributed by atoms with Crippen molar-refractivity contribution in [1.82, 2.24) is 20.6 Å². The predicted molar refractivity (Wildman–Crippen MR) is 203 cm³/mol. The van der Waals surface area contributed by atoms with E-state index in [1.165, 1.54) is 12.8 Å². The molecule has 2 saturated heterocycles. The van der Waals surface area contributed by atoms with Crippen molar-refractivity contribution in [2.45, 2.75) is 96.7 Å². The number of hydrogen-bond acceptors (Lipinski definition) is 9. The third kappa shape index (κ3) is 7.44. The van der Waals surface area contributed by atoms with Gasteiger partial charge in [0, 0.05) is 61.0 Å². The Morgan fingerprint density at radius 1 is 1.17 bits per heavy atom. The van der Waals surface area contributed by atoms with E-state index in [1.807, 2.05) is 55.4 Å². The number of para-hydroxylation sites is 1. The average molecular weight is 720 g/mol. The molecule has 2 bridgehead atoms. The summed E-state index contributed by atoms with van der Waals surface area (Å²) in [5, 5.41) is 29.4. The van der Waals surface area contributed by atoms with Crippen molar-refractivity contribution >= 4 is 17.5 Å². The van der Waals surface area contributed by atoms with Gasteiger partial charge < -0.3 is 35.4 Å². The van der Waals surface area contributed by atoms with Gasteiger partial charge in [-0.05, 0) is 99.6 Å². The van der Waals surface area contributed by atoms with E-state index in [9.17, 15) is 19.8 Å². The van der Waals surface area contributed by atoms with Crippen LogP contribution in [0.15, 0.2) is 36.4 Å². The van der Waals surface area contributed by atoms with E-state index in [0.29, 0.717) is 41.7 Å². The van der Waals surface area contributed by atoms with Crippen molar-refractivity contribution in [2.75, 3.05) is 52.8 Å². The van der Waals surface area contributed by atoms with Gasteiger partial charge >= 0.3 is 0 Å². The molecule has 1 unspecified atom stereocenters. The summed E-state index contributed by atoms with van der Waals surface area (Å²) in [7, 11) is 7.67. The van der Waals surface area contributed by atoms with Gasteiger partial charge in [0.25, 0.3) is 5.91 Å². The number of amides is 2. The lowest BCUT2D eigenvalue weighted by molar-refractivity contribution is -0.183. The fraction of sp³-hybridized carbons (Fsp3) is 0.659. The Kier molecular flexibility index (Phi) is 11.6. The normalized spacial score (nSPS) is 30.4.